The van der Waals surface area contributed by atoms with Crippen molar-refractivity contribution in [2.75, 3.05) is 26.9 Å². The number of unbranched alkanes of at least 4 members (excludes halogenated alkanes) is 6. The summed E-state index contributed by atoms with van der Waals surface area (Å²) in [5.41, 5.74) is 5.51. The Balaban J connectivity index is 5.75. The highest BCUT2D eigenvalue weighted by molar-refractivity contribution is 7.73. The van der Waals surface area contributed by atoms with Crippen molar-refractivity contribution in [1.29, 1.82) is 0 Å². The lowest BCUT2D eigenvalue weighted by Crippen LogP contribution is -2.34. The Labute approximate surface area is 243 Å². The van der Waals surface area contributed by atoms with Crippen LogP contribution in [0.1, 0.15) is 111 Å². The van der Waals surface area contributed by atoms with Crippen LogP contribution in [0.4, 0.5) is 0 Å². The third-order valence-corrected chi connectivity index (χ3v) is 11.0. The lowest BCUT2D eigenvalue weighted by molar-refractivity contribution is -0.153. The number of aliphatic hydroxyl groups is 1. The first-order valence-electron chi connectivity index (χ1n) is 14.2. The summed E-state index contributed by atoms with van der Waals surface area (Å²) in [5.74, 6) is -2.10. The molecule has 14 nitrogen and oxygen atoms in total. The van der Waals surface area contributed by atoms with Crippen molar-refractivity contribution in [2.45, 2.75) is 116 Å². The zero-order chi connectivity index (χ0) is 31.2. The number of esters is 3. The van der Waals surface area contributed by atoms with Crippen LogP contribution >= 0.6 is 15.2 Å². The van der Waals surface area contributed by atoms with Gasteiger partial charge in [0.25, 0.3) is 5.08 Å². The van der Waals surface area contributed by atoms with Gasteiger partial charge in [0.2, 0.25) is 20.4 Å². The van der Waals surface area contributed by atoms with Gasteiger partial charge in [-0.05, 0) is 32.2 Å². The van der Waals surface area contributed by atoms with Crippen LogP contribution in [-0.4, -0.2) is 59.9 Å². The summed E-state index contributed by atoms with van der Waals surface area (Å²) in [6.07, 6.45) is 5.76. The molecule has 0 aliphatic heterocycles. The molecule has 4 N–H and O–H groups in total. The summed E-state index contributed by atoms with van der Waals surface area (Å²) in [7, 11) is -10.6. The molecule has 0 aliphatic carbocycles. The van der Waals surface area contributed by atoms with E-state index in [1.54, 1.807) is 0 Å². The van der Waals surface area contributed by atoms with Gasteiger partial charge < -0.3 is 29.9 Å². The lowest BCUT2D eigenvalue weighted by Gasteiger charge is -2.36. The highest BCUT2D eigenvalue weighted by Gasteiger charge is 2.64. The predicted octanol–water partition coefficient (Wildman–Crippen LogP) is 5.04. The molecule has 0 aromatic rings. The molecule has 2 atom stereocenters. The van der Waals surface area contributed by atoms with Crippen molar-refractivity contribution >= 4 is 33.1 Å². The van der Waals surface area contributed by atoms with Gasteiger partial charge in [-0.1, -0.05) is 59.3 Å². The van der Waals surface area contributed by atoms with Gasteiger partial charge in [-0.2, -0.15) is 0 Å². The molecule has 0 aliphatic rings. The Morgan fingerprint density at radius 1 is 0.659 bits per heavy atom. The number of nitrogens with two attached hydrogens (primary N) is 1. The standard InChI is InChI=1S/C25H49NO13P2/c1-4-7-10-14-22(27)34-19-37-40(31,32)25(30,17-13-18-26)41(33,38-20-35-23(28)15-11-8-5-2)39-21-36-24(29)16-12-9-6-3/h30H,4-21,26H2,1-3H3,(H,31,32). The maximum absolute atomic E-state index is 13.9. The fourth-order valence-electron chi connectivity index (χ4n) is 3.38. The number of hydrogen-bond acceptors (Lipinski definition) is 13. The first-order chi connectivity index (χ1) is 19.4. The van der Waals surface area contributed by atoms with Crippen LogP contribution in [0.15, 0.2) is 0 Å². The molecule has 242 valence electrons. The highest BCUT2D eigenvalue weighted by Crippen LogP contribution is 2.76. The monoisotopic (exact) mass is 633 g/mol. The van der Waals surface area contributed by atoms with Gasteiger partial charge in [0.15, 0.2) is 0 Å². The van der Waals surface area contributed by atoms with Crippen LogP contribution in [0.5, 0.6) is 0 Å². The molecule has 2 unspecified atom stereocenters. The molecule has 0 aromatic heterocycles. The zero-order valence-electron chi connectivity index (χ0n) is 24.6. The second-order valence-corrected chi connectivity index (χ2v) is 14.0. The van der Waals surface area contributed by atoms with Gasteiger partial charge in [0.1, 0.15) is 0 Å². The highest BCUT2D eigenvalue weighted by atomic mass is 31.2. The Bertz CT molecular complexity index is 825. The molecule has 0 rings (SSSR count). The molecule has 0 fully saturated rings. The Hall–Kier alpha value is -1.37. The van der Waals surface area contributed by atoms with E-state index >= 15 is 0 Å². The third kappa shape index (κ3) is 15.6. The molecular formula is C25H49NO13P2. The Morgan fingerprint density at radius 2 is 1.02 bits per heavy atom. The average Bonchev–Trinajstić information content (AvgIpc) is 2.92. The van der Waals surface area contributed by atoms with Crippen molar-refractivity contribution in [1.82, 2.24) is 0 Å². The zero-order valence-corrected chi connectivity index (χ0v) is 26.4. The summed E-state index contributed by atoms with van der Waals surface area (Å²) < 4.78 is 56.9. The molecule has 16 heteroatoms. The number of carbonyl (C=O) groups is 3. The first kappa shape index (κ1) is 39.6. The molecular weight excluding hydrogens is 584 g/mol. The topological polar surface area (TPSA) is 207 Å². The number of rotatable bonds is 26. The average molecular weight is 634 g/mol. The van der Waals surface area contributed by atoms with Crippen molar-refractivity contribution in [2.24, 2.45) is 5.73 Å². The number of carbonyl (C=O) groups excluding carboxylic acids is 3. The quantitative estimate of drug-likeness (QED) is 0.0375. The Morgan fingerprint density at radius 3 is 1.37 bits per heavy atom. The van der Waals surface area contributed by atoms with E-state index in [1.165, 1.54) is 0 Å². The fraction of sp³-hybridized carbons (Fsp3) is 0.880. The third-order valence-electron chi connectivity index (χ3n) is 5.89. The summed E-state index contributed by atoms with van der Waals surface area (Å²) in [6.45, 7) is 2.68. The lowest BCUT2D eigenvalue weighted by atomic mass is 10.2. The van der Waals surface area contributed by atoms with Gasteiger partial charge in [-0.15, -0.1) is 0 Å². The van der Waals surface area contributed by atoms with Crippen molar-refractivity contribution < 1.29 is 61.3 Å². The molecule has 0 spiro atoms. The van der Waals surface area contributed by atoms with E-state index in [1.807, 2.05) is 20.8 Å². The van der Waals surface area contributed by atoms with Crippen molar-refractivity contribution in [3.05, 3.63) is 0 Å². The van der Waals surface area contributed by atoms with Crippen molar-refractivity contribution in [3.63, 3.8) is 0 Å². The van der Waals surface area contributed by atoms with E-state index in [4.69, 9.17) is 33.5 Å². The maximum atomic E-state index is 13.9. The molecule has 0 saturated heterocycles. The van der Waals surface area contributed by atoms with Crippen LogP contribution < -0.4 is 5.73 Å². The van der Waals surface area contributed by atoms with E-state index in [9.17, 15) is 33.5 Å². The van der Waals surface area contributed by atoms with Crippen LogP contribution in [0.3, 0.4) is 0 Å². The summed E-state index contributed by atoms with van der Waals surface area (Å²) in [6, 6.07) is 0. The molecule has 0 bridgehead atoms. The minimum Gasteiger partial charge on any atom is -0.438 e. The van der Waals surface area contributed by atoms with Crippen LogP contribution in [0.25, 0.3) is 0 Å². The van der Waals surface area contributed by atoms with Gasteiger partial charge >= 0.3 is 33.1 Å². The van der Waals surface area contributed by atoms with E-state index in [0.717, 1.165) is 38.5 Å². The second-order valence-electron chi connectivity index (χ2n) is 9.35. The molecule has 0 aromatic carbocycles. The SMILES string of the molecule is CCCCCC(=O)OCOP(=O)(O)C(O)(CCCN)P(=O)(OCOC(=O)CCCCC)OCOC(=O)CCCCC. The summed E-state index contributed by atoms with van der Waals surface area (Å²) >= 11 is 0. The predicted molar refractivity (Wildman–Crippen MR) is 149 cm³/mol. The van der Waals surface area contributed by atoms with E-state index < -0.39 is 65.0 Å². The number of ether oxygens (including phenoxy) is 3. The molecule has 0 heterocycles. The summed E-state index contributed by atoms with van der Waals surface area (Å²) in [5, 5.41) is 8.12. The Kier molecular flexibility index (Phi) is 21.5. The second kappa shape index (κ2) is 22.2. The van der Waals surface area contributed by atoms with Crippen LogP contribution in [0.2, 0.25) is 0 Å². The minimum absolute atomic E-state index is 0.0421. The smallest absolute Gasteiger partial charge is 0.380 e. The molecule has 0 amide bonds. The van der Waals surface area contributed by atoms with Gasteiger partial charge in [0, 0.05) is 25.7 Å². The fourth-order valence-corrected chi connectivity index (χ4v) is 7.28. The van der Waals surface area contributed by atoms with E-state index in [0.29, 0.717) is 19.3 Å². The normalized spacial score (nSPS) is 14.6. The molecule has 41 heavy (non-hydrogen) atoms. The maximum Gasteiger partial charge on any atom is 0.380 e. The minimum atomic E-state index is -5.40. The first-order valence-corrected chi connectivity index (χ1v) is 17.3. The van der Waals surface area contributed by atoms with Crippen LogP contribution in [0, 0.1) is 0 Å². The molecule has 0 radical (unpaired) electrons. The van der Waals surface area contributed by atoms with E-state index in [2.05, 4.69) is 0 Å². The summed E-state index contributed by atoms with van der Waals surface area (Å²) in [4.78, 5) is 46.6. The van der Waals surface area contributed by atoms with Crippen LogP contribution in [-0.2, 0) is 51.3 Å². The largest absolute Gasteiger partial charge is 0.438 e. The van der Waals surface area contributed by atoms with Gasteiger partial charge in [-0.3, -0.25) is 37.1 Å². The van der Waals surface area contributed by atoms with Crippen molar-refractivity contribution in [3.8, 4) is 0 Å². The van der Waals surface area contributed by atoms with Gasteiger partial charge in [-0.25, -0.2) is 0 Å². The van der Waals surface area contributed by atoms with E-state index in [-0.39, 0.29) is 32.2 Å². The molecule has 0 saturated carbocycles. The van der Waals surface area contributed by atoms with Gasteiger partial charge in [0.05, 0.1) is 0 Å². The number of hydrogen-bond donors (Lipinski definition) is 3.